The van der Waals surface area contributed by atoms with E-state index < -0.39 is 0 Å². The van der Waals surface area contributed by atoms with Crippen LogP contribution in [0.3, 0.4) is 0 Å². The van der Waals surface area contributed by atoms with Crippen LogP contribution in [0.4, 0.5) is 17.2 Å². The normalized spacial score (nSPS) is 12.9. The summed E-state index contributed by atoms with van der Waals surface area (Å²) in [4.78, 5) is 13.5. The van der Waals surface area contributed by atoms with E-state index in [1.165, 1.54) is 0 Å². The summed E-state index contributed by atoms with van der Waals surface area (Å²) < 4.78 is 0. The molecule has 1 aliphatic rings. The largest absolute Gasteiger partial charge is 0.337 e. The lowest BCUT2D eigenvalue weighted by molar-refractivity contribution is 1.27. The first-order valence-electron chi connectivity index (χ1n) is 6.19. The Morgan fingerprint density at radius 3 is 2.40 bits per heavy atom. The predicted molar refractivity (Wildman–Crippen MR) is 81.3 cm³/mol. The first kappa shape index (κ1) is 11.4. The highest BCUT2D eigenvalue weighted by atomic mass is 35.5. The van der Waals surface area contributed by atoms with Crippen molar-refractivity contribution in [2.45, 2.75) is 0 Å². The summed E-state index contributed by atoms with van der Waals surface area (Å²) in [6.07, 6.45) is 0. The number of para-hydroxylation sites is 4. The number of anilines is 2. The summed E-state index contributed by atoms with van der Waals surface area (Å²) in [6, 6.07) is 15.4. The summed E-state index contributed by atoms with van der Waals surface area (Å²) in [5.41, 5.74) is 3.84. The SMILES string of the molecule is ClC1=Nc2ccccc2Nc2nc3ccccc3nc21. The van der Waals surface area contributed by atoms with Gasteiger partial charge in [-0.15, -0.1) is 0 Å². The number of halogens is 1. The maximum atomic E-state index is 6.29. The molecule has 1 aliphatic heterocycles. The Labute approximate surface area is 120 Å². The fourth-order valence-corrected chi connectivity index (χ4v) is 2.42. The van der Waals surface area contributed by atoms with Gasteiger partial charge in [-0.3, -0.25) is 0 Å². The Balaban J connectivity index is 2.02. The lowest BCUT2D eigenvalue weighted by Gasteiger charge is -2.08. The Hall–Kier alpha value is -2.46. The molecule has 2 heterocycles. The van der Waals surface area contributed by atoms with E-state index in [0.29, 0.717) is 16.7 Å². The van der Waals surface area contributed by atoms with E-state index in [0.717, 1.165) is 22.4 Å². The number of aliphatic imine (C=N–C) groups is 1. The van der Waals surface area contributed by atoms with Gasteiger partial charge in [0.05, 0.1) is 22.4 Å². The van der Waals surface area contributed by atoms with Gasteiger partial charge in [0.25, 0.3) is 0 Å². The van der Waals surface area contributed by atoms with Crippen LogP contribution in [0.2, 0.25) is 0 Å². The van der Waals surface area contributed by atoms with Crippen LogP contribution in [0.25, 0.3) is 11.0 Å². The van der Waals surface area contributed by atoms with E-state index in [2.05, 4.69) is 20.3 Å². The number of hydrogen-bond donors (Lipinski definition) is 1. The Morgan fingerprint density at radius 2 is 1.55 bits per heavy atom. The van der Waals surface area contributed by atoms with Gasteiger partial charge in [-0.05, 0) is 24.3 Å². The second kappa shape index (κ2) is 4.28. The molecule has 5 heteroatoms. The highest BCUT2D eigenvalue weighted by Crippen LogP contribution is 2.33. The Morgan fingerprint density at radius 1 is 0.850 bits per heavy atom. The van der Waals surface area contributed by atoms with Crippen LogP contribution in [0.1, 0.15) is 5.69 Å². The van der Waals surface area contributed by atoms with Crippen molar-refractivity contribution in [2.75, 3.05) is 5.32 Å². The molecule has 0 saturated carbocycles. The van der Waals surface area contributed by atoms with E-state index in [1.54, 1.807) is 0 Å². The molecule has 1 aromatic heterocycles. The van der Waals surface area contributed by atoms with Crippen molar-refractivity contribution in [1.29, 1.82) is 0 Å². The van der Waals surface area contributed by atoms with Gasteiger partial charge < -0.3 is 5.32 Å². The fourth-order valence-electron chi connectivity index (χ4n) is 2.19. The number of nitrogens with one attached hydrogen (secondary N) is 1. The van der Waals surface area contributed by atoms with Crippen LogP contribution in [0.15, 0.2) is 53.5 Å². The molecule has 0 saturated heterocycles. The van der Waals surface area contributed by atoms with Crippen molar-refractivity contribution < 1.29 is 0 Å². The molecule has 3 aromatic rings. The van der Waals surface area contributed by atoms with Gasteiger partial charge in [0.15, 0.2) is 11.0 Å². The highest BCUT2D eigenvalue weighted by molar-refractivity contribution is 6.70. The molecule has 0 bridgehead atoms. The van der Waals surface area contributed by atoms with E-state index >= 15 is 0 Å². The average Bonchev–Trinajstić information content (AvgIpc) is 2.61. The van der Waals surface area contributed by atoms with Crippen molar-refractivity contribution in [2.24, 2.45) is 4.99 Å². The van der Waals surface area contributed by atoms with Crippen LogP contribution in [-0.2, 0) is 0 Å². The zero-order chi connectivity index (χ0) is 13.5. The van der Waals surface area contributed by atoms with Gasteiger partial charge in [-0.25, -0.2) is 15.0 Å². The van der Waals surface area contributed by atoms with Gasteiger partial charge in [-0.1, -0.05) is 35.9 Å². The zero-order valence-corrected chi connectivity index (χ0v) is 11.1. The van der Waals surface area contributed by atoms with Gasteiger partial charge in [0.1, 0.15) is 5.69 Å². The molecule has 2 aromatic carbocycles. The molecular weight excluding hydrogens is 272 g/mol. The monoisotopic (exact) mass is 280 g/mol. The molecule has 0 aliphatic carbocycles. The van der Waals surface area contributed by atoms with Gasteiger partial charge in [0, 0.05) is 0 Å². The fraction of sp³-hybridized carbons (Fsp3) is 0. The molecule has 0 atom stereocenters. The lowest BCUT2D eigenvalue weighted by atomic mass is 10.2. The van der Waals surface area contributed by atoms with Crippen molar-refractivity contribution in [3.8, 4) is 0 Å². The van der Waals surface area contributed by atoms with Crippen molar-refractivity contribution in [1.82, 2.24) is 9.97 Å². The highest BCUT2D eigenvalue weighted by Gasteiger charge is 2.18. The van der Waals surface area contributed by atoms with Crippen molar-refractivity contribution in [3.05, 3.63) is 54.2 Å². The summed E-state index contributed by atoms with van der Waals surface area (Å²) in [5.74, 6) is 0.627. The molecule has 0 fully saturated rings. The van der Waals surface area contributed by atoms with Crippen LogP contribution in [-0.4, -0.2) is 15.1 Å². The quantitative estimate of drug-likeness (QED) is 0.677. The van der Waals surface area contributed by atoms with Gasteiger partial charge >= 0.3 is 0 Å². The molecule has 20 heavy (non-hydrogen) atoms. The standard InChI is InChI=1S/C15H9ClN4/c16-14-13-15(19-11-7-3-1-5-9(11)17-13)20-12-8-4-2-6-10(12)18-14/h1-8H,(H,19,20). The number of fused-ring (bicyclic) bond motifs is 3. The van der Waals surface area contributed by atoms with E-state index in [9.17, 15) is 0 Å². The lowest BCUT2D eigenvalue weighted by Crippen LogP contribution is -2.03. The van der Waals surface area contributed by atoms with Crippen molar-refractivity contribution in [3.63, 3.8) is 0 Å². The Kier molecular flexibility index (Phi) is 2.44. The van der Waals surface area contributed by atoms with Crippen LogP contribution in [0, 0.1) is 0 Å². The number of nitrogens with zero attached hydrogens (tertiary/aromatic N) is 3. The van der Waals surface area contributed by atoms with Crippen LogP contribution >= 0.6 is 11.6 Å². The molecule has 0 amide bonds. The maximum absolute atomic E-state index is 6.29. The topological polar surface area (TPSA) is 50.2 Å². The number of hydrogen-bond acceptors (Lipinski definition) is 4. The summed E-state index contributed by atoms with van der Waals surface area (Å²) in [6.45, 7) is 0. The van der Waals surface area contributed by atoms with E-state index in [1.807, 2.05) is 48.5 Å². The minimum absolute atomic E-state index is 0.343. The minimum Gasteiger partial charge on any atom is -0.337 e. The number of benzene rings is 2. The first-order chi connectivity index (χ1) is 9.81. The first-order valence-corrected chi connectivity index (χ1v) is 6.56. The average molecular weight is 281 g/mol. The van der Waals surface area contributed by atoms with Crippen LogP contribution < -0.4 is 5.32 Å². The van der Waals surface area contributed by atoms with E-state index in [4.69, 9.17) is 11.6 Å². The van der Waals surface area contributed by atoms with Gasteiger partial charge in [0.2, 0.25) is 0 Å². The van der Waals surface area contributed by atoms with Crippen LogP contribution in [0.5, 0.6) is 0 Å². The molecule has 0 unspecified atom stereocenters. The third kappa shape index (κ3) is 1.73. The third-order valence-electron chi connectivity index (χ3n) is 3.14. The summed E-state index contributed by atoms with van der Waals surface area (Å²) >= 11 is 6.29. The number of aromatic nitrogens is 2. The molecule has 96 valence electrons. The molecular formula is C15H9ClN4. The molecule has 4 rings (SSSR count). The molecule has 1 N–H and O–H groups in total. The molecule has 4 nitrogen and oxygen atoms in total. The minimum atomic E-state index is 0.343. The maximum Gasteiger partial charge on any atom is 0.160 e. The summed E-state index contributed by atoms with van der Waals surface area (Å²) in [7, 11) is 0. The predicted octanol–water partition coefficient (Wildman–Crippen LogP) is 4.00. The number of rotatable bonds is 0. The third-order valence-corrected chi connectivity index (χ3v) is 3.41. The van der Waals surface area contributed by atoms with E-state index in [-0.39, 0.29) is 0 Å². The summed E-state index contributed by atoms with van der Waals surface area (Å²) in [5, 5.41) is 3.60. The smallest absolute Gasteiger partial charge is 0.160 e. The molecule has 0 radical (unpaired) electrons. The Bertz CT molecular complexity index is 857. The second-order valence-corrected chi connectivity index (χ2v) is 4.81. The van der Waals surface area contributed by atoms with Gasteiger partial charge in [-0.2, -0.15) is 0 Å². The zero-order valence-electron chi connectivity index (χ0n) is 10.3. The molecule has 0 spiro atoms. The second-order valence-electron chi connectivity index (χ2n) is 4.45. The van der Waals surface area contributed by atoms with Crippen molar-refractivity contribution >= 4 is 45.0 Å².